The van der Waals surface area contributed by atoms with E-state index in [1.54, 1.807) is 0 Å². The van der Waals surface area contributed by atoms with E-state index in [0.29, 0.717) is 13.2 Å². The van der Waals surface area contributed by atoms with E-state index in [2.05, 4.69) is 11.4 Å². The monoisotopic (exact) mass is 312 g/mol. The molecule has 0 fully saturated rings. The summed E-state index contributed by atoms with van der Waals surface area (Å²) >= 11 is 0. The number of rotatable bonds is 7. The first kappa shape index (κ1) is 17.0. The zero-order valence-electron chi connectivity index (χ0n) is 13.7. The van der Waals surface area contributed by atoms with Gasteiger partial charge < -0.3 is 15.8 Å². The van der Waals surface area contributed by atoms with Crippen LogP contribution in [0, 0.1) is 13.8 Å². The Labute approximate surface area is 137 Å². The van der Waals surface area contributed by atoms with Gasteiger partial charge in [0.1, 0.15) is 12.4 Å². The lowest BCUT2D eigenvalue weighted by Gasteiger charge is -2.13. The van der Waals surface area contributed by atoms with Gasteiger partial charge in [0.25, 0.3) is 0 Å². The van der Waals surface area contributed by atoms with Crippen LogP contribution in [0.1, 0.15) is 29.2 Å². The first-order valence-corrected chi connectivity index (χ1v) is 7.83. The van der Waals surface area contributed by atoms with E-state index in [9.17, 15) is 4.79 Å². The van der Waals surface area contributed by atoms with Crippen LogP contribution in [0.5, 0.6) is 5.75 Å². The Balaban J connectivity index is 1.70. The van der Waals surface area contributed by atoms with E-state index in [4.69, 9.17) is 10.5 Å². The lowest BCUT2D eigenvalue weighted by atomic mass is 10.0. The summed E-state index contributed by atoms with van der Waals surface area (Å²) in [5, 5.41) is 2.84. The molecule has 4 heteroatoms. The summed E-state index contributed by atoms with van der Waals surface area (Å²) in [4.78, 5) is 11.9. The predicted octanol–water partition coefficient (Wildman–Crippen LogP) is 2.89. The topological polar surface area (TPSA) is 64.3 Å². The molecule has 2 aromatic rings. The van der Waals surface area contributed by atoms with Gasteiger partial charge in [0.05, 0.1) is 6.54 Å². The van der Waals surface area contributed by atoms with Gasteiger partial charge in [-0.1, -0.05) is 36.4 Å². The highest BCUT2D eigenvalue weighted by atomic mass is 16.5. The zero-order valence-corrected chi connectivity index (χ0v) is 13.7. The molecule has 0 heterocycles. The molecular weight excluding hydrogens is 288 g/mol. The van der Waals surface area contributed by atoms with E-state index in [-0.39, 0.29) is 18.4 Å². The van der Waals surface area contributed by atoms with Crippen LogP contribution < -0.4 is 15.8 Å². The maximum Gasteiger partial charge on any atom is 0.222 e. The molecule has 0 aliphatic heterocycles. The molecule has 3 N–H and O–H groups in total. The lowest BCUT2D eigenvalue weighted by Crippen LogP contribution is -2.30. The van der Waals surface area contributed by atoms with E-state index >= 15 is 0 Å². The zero-order chi connectivity index (χ0) is 16.7. The summed E-state index contributed by atoms with van der Waals surface area (Å²) in [5.41, 5.74) is 9.33. The van der Waals surface area contributed by atoms with Crippen molar-refractivity contribution >= 4 is 5.91 Å². The van der Waals surface area contributed by atoms with Gasteiger partial charge in [0, 0.05) is 12.5 Å². The summed E-state index contributed by atoms with van der Waals surface area (Å²) < 4.78 is 5.66. The van der Waals surface area contributed by atoms with Gasteiger partial charge >= 0.3 is 0 Å². The third-order valence-electron chi connectivity index (χ3n) is 3.52. The fourth-order valence-electron chi connectivity index (χ4n) is 2.47. The first-order chi connectivity index (χ1) is 11.0. The van der Waals surface area contributed by atoms with Crippen molar-refractivity contribution in [3.05, 3.63) is 65.2 Å². The number of nitrogens with one attached hydrogen (secondary N) is 1. The molecule has 2 aromatic carbocycles. The minimum Gasteiger partial charge on any atom is -0.492 e. The highest BCUT2D eigenvalue weighted by Gasteiger charge is 2.10. The average Bonchev–Trinajstić information content (AvgIpc) is 2.51. The van der Waals surface area contributed by atoms with Gasteiger partial charge in [-0.2, -0.15) is 0 Å². The molecule has 0 aromatic heterocycles. The number of nitrogens with two attached hydrogens (primary N) is 1. The van der Waals surface area contributed by atoms with Crippen molar-refractivity contribution < 1.29 is 9.53 Å². The fourth-order valence-corrected chi connectivity index (χ4v) is 2.47. The van der Waals surface area contributed by atoms with E-state index in [1.807, 2.05) is 56.3 Å². The molecule has 0 aliphatic rings. The van der Waals surface area contributed by atoms with Gasteiger partial charge in [0.2, 0.25) is 5.91 Å². The minimum absolute atomic E-state index is 0.0645. The number of aryl methyl sites for hydroxylation is 2. The Hall–Kier alpha value is -2.33. The third kappa shape index (κ3) is 5.75. The molecule has 0 radical (unpaired) electrons. The maximum absolute atomic E-state index is 11.9. The number of benzene rings is 2. The minimum atomic E-state index is -0.281. The van der Waals surface area contributed by atoms with Crippen molar-refractivity contribution in [3.63, 3.8) is 0 Å². The van der Waals surface area contributed by atoms with Crippen molar-refractivity contribution in [2.75, 3.05) is 13.2 Å². The van der Waals surface area contributed by atoms with Crippen LogP contribution in [0.4, 0.5) is 0 Å². The molecule has 0 bridgehead atoms. The molecule has 0 spiro atoms. The summed E-state index contributed by atoms with van der Waals surface area (Å²) in [6.45, 7) is 4.97. The quantitative estimate of drug-likeness (QED) is 0.773. The Bertz CT molecular complexity index is 621. The Morgan fingerprint density at radius 3 is 2.43 bits per heavy atom. The SMILES string of the molecule is Cc1cc(C)cc(OCCNC(=O)CC(N)c2ccccc2)c1. The van der Waals surface area contributed by atoms with E-state index in [0.717, 1.165) is 22.4 Å². The van der Waals surface area contributed by atoms with Crippen LogP contribution in [-0.4, -0.2) is 19.1 Å². The average molecular weight is 312 g/mol. The molecule has 0 aliphatic carbocycles. The van der Waals surface area contributed by atoms with Gasteiger partial charge in [-0.3, -0.25) is 4.79 Å². The van der Waals surface area contributed by atoms with E-state index in [1.165, 1.54) is 0 Å². The summed E-state index contributed by atoms with van der Waals surface area (Å²) in [6, 6.07) is 15.4. The summed E-state index contributed by atoms with van der Waals surface area (Å²) in [6.07, 6.45) is 0.271. The maximum atomic E-state index is 11.9. The normalized spacial score (nSPS) is 11.8. The second kappa shape index (κ2) is 8.34. The molecule has 23 heavy (non-hydrogen) atoms. The molecule has 1 unspecified atom stereocenters. The fraction of sp³-hybridized carbons (Fsp3) is 0.316. The van der Waals surface area contributed by atoms with Crippen molar-refractivity contribution in [1.82, 2.24) is 5.32 Å². The van der Waals surface area contributed by atoms with Gasteiger partial charge in [-0.25, -0.2) is 0 Å². The summed E-state index contributed by atoms with van der Waals surface area (Å²) in [7, 11) is 0. The van der Waals surface area contributed by atoms with Crippen molar-refractivity contribution in [1.29, 1.82) is 0 Å². The predicted molar refractivity (Wildman–Crippen MR) is 92.4 cm³/mol. The standard InChI is InChI=1S/C19H24N2O2/c1-14-10-15(2)12-17(11-14)23-9-8-21-19(22)13-18(20)16-6-4-3-5-7-16/h3-7,10-12,18H,8-9,13,20H2,1-2H3,(H,21,22). The number of carbonyl (C=O) groups is 1. The van der Waals surface area contributed by atoms with E-state index < -0.39 is 0 Å². The van der Waals surface area contributed by atoms with Crippen LogP contribution in [0.15, 0.2) is 48.5 Å². The van der Waals surface area contributed by atoms with Gasteiger partial charge in [-0.05, 0) is 42.7 Å². The number of hydrogen-bond donors (Lipinski definition) is 2. The smallest absolute Gasteiger partial charge is 0.222 e. The highest BCUT2D eigenvalue weighted by Crippen LogP contribution is 2.16. The van der Waals surface area contributed by atoms with Gasteiger partial charge in [-0.15, -0.1) is 0 Å². The Kier molecular flexibility index (Phi) is 6.18. The van der Waals surface area contributed by atoms with Crippen LogP contribution in [0.2, 0.25) is 0 Å². The van der Waals surface area contributed by atoms with Crippen LogP contribution >= 0.6 is 0 Å². The van der Waals surface area contributed by atoms with Crippen LogP contribution in [0.3, 0.4) is 0 Å². The Morgan fingerprint density at radius 1 is 1.13 bits per heavy atom. The van der Waals surface area contributed by atoms with Crippen LogP contribution in [0.25, 0.3) is 0 Å². The molecule has 2 rings (SSSR count). The lowest BCUT2D eigenvalue weighted by molar-refractivity contribution is -0.121. The second-order valence-electron chi connectivity index (χ2n) is 5.74. The molecule has 4 nitrogen and oxygen atoms in total. The number of amides is 1. The first-order valence-electron chi connectivity index (χ1n) is 7.83. The molecule has 1 atom stereocenters. The number of hydrogen-bond acceptors (Lipinski definition) is 3. The van der Waals surface area contributed by atoms with Crippen molar-refractivity contribution in [3.8, 4) is 5.75 Å². The van der Waals surface area contributed by atoms with Crippen molar-refractivity contribution in [2.24, 2.45) is 5.73 Å². The number of ether oxygens (including phenoxy) is 1. The largest absolute Gasteiger partial charge is 0.492 e. The molecule has 122 valence electrons. The van der Waals surface area contributed by atoms with Gasteiger partial charge in [0.15, 0.2) is 0 Å². The molecular formula is C19H24N2O2. The number of carbonyl (C=O) groups excluding carboxylic acids is 1. The highest BCUT2D eigenvalue weighted by molar-refractivity contribution is 5.76. The molecule has 0 saturated carbocycles. The molecule has 1 amide bonds. The summed E-state index contributed by atoms with van der Waals surface area (Å²) in [5.74, 6) is 0.767. The second-order valence-corrected chi connectivity index (χ2v) is 5.74. The molecule has 0 saturated heterocycles. The third-order valence-corrected chi connectivity index (χ3v) is 3.52. The van der Waals surface area contributed by atoms with Crippen molar-refractivity contribution in [2.45, 2.75) is 26.3 Å². The Morgan fingerprint density at radius 2 is 1.78 bits per heavy atom. The van der Waals surface area contributed by atoms with Crippen LogP contribution in [-0.2, 0) is 4.79 Å².